The zero-order valence-electron chi connectivity index (χ0n) is 12.8. The number of aromatic hydroxyl groups is 1. The van der Waals surface area contributed by atoms with Crippen molar-refractivity contribution in [2.24, 2.45) is 5.10 Å². The molecular weight excluding hydrogens is 294 g/mol. The van der Waals surface area contributed by atoms with E-state index < -0.39 is 11.8 Å². The summed E-state index contributed by atoms with van der Waals surface area (Å²) < 4.78 is 0. The minimum atomic E-state index is -0.891. The van der Waals surface area contributed by atoms with E-state index in [0.29, 0.717) is 11.3 Å². The van der Waals surface area contributed by atoms with Crippen LogP contribution in [-0.4, -0.2) is 23.1 Å². The molecule has 6 heteroatoms. The van der Waals surface area contributed by atoms with Gasteiger partial charge in [-0.15, -0.1) is 0 Å². The molecule has 0 bridgehead atoms. The Hall–Kier alpha value is -3.15. The van der Waals surface area contributed by atoms with Crippen molar-refractivity contribution in [3.05, 3.63) is 59.2 Å². The smallest absolute Gasteiger partial charge is 0.329 e. The van der Waals surface area contributed by atoms with Crippen molar-refractivity contribution in [1.82, 2.24) is 5.43 Å². The second-order valence-corrected chi connectivity index (χ2v) is 4.96. The van der Waals surface area contributed by atoms with E-state index in [-0.39, 0.29) is 5.75 Å². The van der Waals surface area contributed by atoms with E-state index in [9.17, 15) is 14.7 Å². The number of anilines is 1. The van der Waals surface area contributed by atoms with E-state index in [0.717, 1.165) is 11.1 Å². The summed E-state index contributed by atoms with van der Waals surface area (Å²) in [6.45, 7) is 3.78. The van der Waals surface area contributed by atoms with Gasteiger partial charge in [0.15, 0.2) is 0 Å². The van der Waals surface area contributed by atoms with Crippen LogP contribution in [0, 0.1) is 13.8 Å². The summed E-state index contributed by atoms with van der Waals surface area (Å²) in [5.41, 5.74) is 5.04. The van der Waals surface area contributed by atoms with Gasteiger partial charge in [-0.05, 0) is 43.2 Å². The number of carbonyl (C=O) groups is 2. The van der Waals surface area contributed by atoms with Gasteiger partial charge >= 0.3 is 11.8 Å². The highest BCUT2D eigenvalue weighted by molar-refractivity contribution is 6.39. The molecule has 0 saturated carbocycles. The number of amides is 2. The number of aryl methyl sites for hydroxylation is 1. The highest BCUT2D eigenvalue weighted by atomic mass is 16.3. The van der Waals surface area contributed by atoms with Crippen LogP contribution in [-0.2, 0) is 9.59 Å². The largest absolute Gasteiger partial charge is 0.507 e. The Morgan fingerprint density at radius 2 is 1.78 bits per heavy atom. The fraction of sp³-hybridized carbons (Fsp3) is 0.118. The predicted octanol–water partition coefficient (Wildman–Crippen LogP) is 2.10. The van der Waals surface area contributed by atoms with Gasteiger partial charge in [-0.3, -0.25) is 9.59 Å². The van der Waals surface area contributed by atoms with E-state index >= 15 is 0 Å². The van der Waals surface area contributed by atoms with Crippen molar-refractivity contribution < 1.29 is 14.7 Å². The number of hydrogen-bond acceptors (Lipinski definition) is 4. The monoisotopic (exact) mass is 311 g/mol. The third-order valence-electron chi connectivity index (χ3n) is 3.37. The van der Waals surface area contributed by atoms with E-state index in [1.165, 1.54) is 12.3 Å². The molecule has 0 heterocycles. The van der Waals surface area contributed by atoms with Crippen LogP contribution in [0.1, 0.15) is 16.7 Å². The molecule has 2 rings (SSSR count). The topological polar surface area (TPSA) is 90.8 Å². The standard InChI is InChI=1S/C17H17N3O3/c1-11-6-5-8-14(12(11)2)19-16(22)17(23)20-18-10-13-7-3-4-9-15(13)21/h3-10,21H,1-2H3,(H,19,22)(H,20,23)/b18-10+. The molecule has 3 N–H and O–H groups in total. The lowest BCUT2D eigenvalue weighted by Gasteiger charge is -2.09. The normalized spacial score (nSPS) is 10.5. The summed E-state index contributed by atoms with van der Waals surface area (Å²) in [4.78, 5) is 23.6. The zero-order chi connectivity index (χ0) is 16.8. The van der Waals surface area contributed by atoms with Crippen LogP contribution in [0.25, 0.3) is 0 Å². The Kier molecular flexibility index (Phi) is 5.09. The molecule has 0 fully saturated rings. The molecule has 0 radical (unpaired) electrons. The quantitative estimate of drug-likeness (QED) is 0.460. The first-order chi connectivity index (χ1) is 11.0. The Labute approximate surface area is 133 Å². The molecule has 0 aliphatic heterocycles. The van der Waals surface area contributed by atoms with Crippen LogP contribution in [0.15, 0.2) is 47.6 Å². The Bertz CT molecular complexity index is 769. The molecule has 2 aromatic carbocycles. The third-order valence-corrected chi connectivity index (χ3v) is 3.37. The average Bonchev–Trinajstić information content (AvgIpc) is 2.53. The summed E-state index contributed by atoms with van der Waals surface area (Å²) in [7, 11) is 0. The van der Waals surface area contributed by atoms with Gasteiger partial charge in [-0.1, -0.05) is 24.3 Å². The van der Waals surface area contributed by atoms with Gasteiger partial charge in [-0.2, -0.15) is 5.10 Å². The van der Waals surface area contributed by atoms with Crippen molar-refractivity contribution >= 4 is 23.7 Å². The molecule has 2 amide bonds. The first-order valence-electron chi connectivity index (χ1n) is 6.97. The number of benzene rings is 2. The molecule has 118 valence electrons. The maximum atomic E-state index is 11.8. The van der Waals surface area contributed by atoms with E-state index in [1.807, 2.05) is 19.9 Å². The molecule has 0 atom stereocenters. The fourth-order valence-electron chi connectivity index (χ4n) is 1.87. The number of hydrogen-bond donors (Lipinski definition) is 3. The van der Waals surface area contributed by atoms with Crippen LogP contribution >= 0.6 is 0 Å². The summed E-state index contributed by atoms with van der Waals surface area (Å²) in [5.74, 6) is -1.67. The van der Waals surface area contributed by atoms with E-state index in [4.69, 9.17) is 0 Å². The van der Waals surface area contributed by atoms with Crippen LogP contribution in [0.4, 0.5) is 5.69 Å². The molecule has 0 aromatic heterocycles. The second-order valence-electron chi connectivity index (χ2n) is 4.96. The van der Waals surface area contributed by atoms with Crippen molar-refractivity contribution in [3.8, 4) is 5.75 Å². The van der Waals surface area contributed by atoms with Crippen molar-refractivity contribution in [1.29, 1.82) is 0 Å². The van der Waals surface area contributed by atoms with Crippen molar-refractivity contribution in [3.63, 3.8) is 0 Å². The lowest BCUT2D eigenvalue weighted by Crippen LogP contribution is -2.32. The first kappa shape index (κ1) is 16.2. The summed E-state index contributed by atoms with van der Waals surface area (Å²) in [6, 6.07) is 11.9. The maximum Gasteiger partial charge on any atom is 0.329 e. The Morgan fingerprint density at radius 3 is 2.52 bits per heavy atom. The van der Waals surface area contributed by atoms with Gasteiger partial charge < -0.3 is 10.4 Å². The highest BCUT2D eigenvalue weighted by Gasteiger charge is 2.14. The molecule has 23 heavy (non-hydrogen) atoms. The number of nitrogens with zero attached hydrogens (tertiary/aromatic N) is 1. The minimum Gasteiger partial charge on any atom is -0.507 e. The van der Waals surface area contributed by atoms with Crippen LogP contribution < -0.4 is 10.7 Å². The first-order valence-corrected chi connectivity index (χ1v) is 6.97. The molecule has 0 saturated heterocycles. The van der Waals surface area contributed by atoms with Crippen molar-refractivity contribution in [2.45, 2.75) is 13.8 Å². The van der Waals surface area contributed by atoms with Crippen LogP contribution in [0.2, 0.25) is 0 Å². The Morgan fingerprint density at radius 1 is 1.04 bits per heavy atom. The van der Waals surface area contributed by atoms with Gasteiger partial charge in [0.2, 0.25) is 0 Å². The van der Waals surface area contributed by atoms with Crippen molar-refractivity contribution in [2.75, 3.05) is 5.32 Å². The van der Waals surface area contributed by atoms with Crippen LogP contribution in [0.5, 0.6) is 5.75 Å². The molecule has 0 aliphatic rings. The SMILES string of the molecule is Cc1cccc(NC(=O)C(=O)N/N=C/c2ccccc2O)c1C. The summed E-state index contributed by atoms with van der Waals surface area (Å²) >= 11 is 0. The summed E-state index contributed by atoms with van der Waals surface area (Å²) in [5, 5.41) is 15.7. The van der Waals surface area contributed by atoms with Gasteiger partial charge in [0.1, 0.15) is 5.75 Å². The lowest BCUT2D eigenvalue weighted by atomic mass is 10.1. The predicted molar refractivity (Wildman–Crippen MR) is 88.4 cm³/mol. The maximum absolute atomic E-state index is 11.8. The lowest BCUT2D eigenvalue weighted by molar-refractivity contribution is -0.136. The molecule has 0 aliphatic carbocycles. The van der Waals surface area contributed by atoms with Gasteiger partial charge in [0.05, 0.1) is 6.21 Å². The van der Waals surface area contributed by atoms with E-state index in [2.05, 4.69) is 15.8 Å². The van der Waals surface area contributed by atoms with Gasteiger partial charge in [-0.25, -0.2) is 5.43 Å². The zero-order valence-corrected chi connectivity index (χ0v) is 12.8. The highest BCUT2D eigenvalue weighted by Crippen LogP contribution is 2.17. The number of para-hydroxylation sites is 1. The number of hydrazone groups is 1. The Balaban J connectivity index is 1.97. The molecular formula is C17H17N3O3. The van der Waals surface area contributed by atoms with Crippen LogP contribution in [0.3, 0.4) is 0 Å². The number of rotatable bonds is 3. The molecule has 0 unspecified atom stereocenters. The summed E-state index contributed by atoms with van der Waals surface area (Å²) in [6.07, 6.45) is 1.26. The minimum absolute atomic E-state index is 0.0327. The number of carbonyl (C=O) groups excluding carboxylic acids is 2. The molecule has 2 aromatic rings. The molecule has 0 spiro atoms. The van der Waals surface area contributed by atoms with Gasteiger partial charge in [0, 0.05) is 11.3 Å². The fourth-order valence-corrected chi connectivity index (χ4v) is 1.87. The number of phenolic OH excluding ortho intramolecular Hbond substituents is 1. The second kappa shape index (κ2) is 7.22. The third kappa shape index (κ3) is 4.16. The van der Waals surface area contributed by atoms with E-state index in [1.54, 1.807) is 30.3 Å². The number of phenols is 1. The average molecular weight is 311 g/mol. The van der Waals surface area contributed by atoms with Gasteiger partial charge in [0.25, 0.3) is 0 Å². The molecule has 6 nitrogen and oxygen atoms in total. The number of nitrogens with one attached hydrogen (secondary N) is 2.